The Morgan fingerprint density at radius 2 is 1.64 bits per heavy atom. The number of hydrogen-bond donors (Lipinski definition) is 0. The molecule has 0 bridgehead atoms. The highest BCUT2D eigenvalue weighted by Crippen LogP contribution is 2.08. The average Bonchev–Trinajstić information content (AvgIpc) is 2.07. The van der Waals surface area contributed by atoms with Crippen LogP contribution in [-0.2, 0) is 11.8 Å². The van der Waals surface area contributed by atoms with Crippen LogP contribution in [0.5, 0.6) is 0 Å². The summed E-state index contributed by atoms with van der Waals surface area (Å²) in [6.07, 6.45) is 2.43. The predicted octanol–water partition coefficient (Wildman–Crippen LogP) is 3.53. The molecular weight excluding hydrogens is 200 g/mol. The SMILES string of the molecule is CCCc1ccc(CBr)cc1. The van der Waals surface area contributed by atoms with E-state index in [-0.39, 0.29) is 0 Å². The van der Waals surface area contributed by atoms with Crippen molar-refractivity contribution in [1.29, 1.82) is 0 Å². The van der Waals surface area contributed by atoms with Gasteiger partial charge in [-0.2, -0.15) is 0 Å². The van der Waals surface area contributed by atoms with Crippen LogP contribution >= 0.6 is 15.9 Å². The first-order valence-corrected chi connectivity index (χ1v) is 5.12. The lowest BCUT2D eigenvalue weighted by Crippen LogP contribution is -1.83. The molecule has 0 saturated heterocycles. The first-order valence-electron chi connectivity index (χ1n) is 4.00. The molecule has 0 radical (unpaired) electrons. The quantitative estimate of drug-likeness (QED) is 0.673. The highest BCUT2D eigenvalue weighted by Gasteiger charge is 1.91. The molecule has 0 aliphatic rings. The molecule has 0 spiro atoms. The fraction of sp³-hybridized carbons (Fsp3) is 0.400. The van der Waals surface area contributed by atoms with Gasteiger partial charge in [-0.1, -0.05) is 53.5 Å². The zero-order chi connectivity index (χ0) is 8.10. The average molecular weight is 213 g/mol. The number of benzene rings is 1. The van der Waals surface area contributed by atoms with Gasteiger partial charge in [-0.15, -0.1) is 0 Å². The summed E-state index contributed by atoms with van der Waals surface area (Å²) in [7, 11) is 0. The molecule has 1 aromatic carbocycles. The summed E-state index contributed by atoms with van der Waals surface area (Å²) in [6.45, 7) is 2.21. The fourth-order valence-electron chi connectivity index (χ4n) is 1.08. The molecule has 0 amide bonds. The summed E-state index contributed by atoms with van der Waals surface area (Å²) in [5.41, 5.74) is 2.79. The van der Waals surface area contributed by atoms with Gasteiger partial charge >= 0.3 is 0 Å². The second-order valence-electron chi connectivity index (χ2n) is 2.70. The second kappa shape index (κ2) is 4.55. The highest BCUT2D eigenvalue weighted by molar-refractivity contribution is 9.08. The summed E-state index contributed by atoms with van der Waals surface area (Å²) >= 11 is 3.42. The van der Waals surface area contributed by atoms with E-state index < -0.39 is 0 Å². The lowest BCUT2D eigenvalue weighted by atomic mass is 10.1. The molecule has 0 atom stereocenters. The monoisotopic (exact) mass is 212 g/mol. The van der Waals surface area contributed by atoms with Gasteiger partial charge in [-0.3, -0.25) is 0 Å². The smallest absolute Gasteiger partial charge is 0.0283 e. The Hall–Kier alpha value is -0.300. The van der Waals surface area contributed by atoms with Crippen molar-refractivity contribution in [3.05, 3.63) is 35.4 Å². The number of rotatable bonds is 3. The maximum absolute atomic E-state index is 3.42. The Morgan fingerprint density at radius 1 is 1.09 bits per heavy atom. The van der Waals surface area contributed by atoms with Crippen molar-refractivity contribution in [2.24, 2.45) is 0 Å². The molecule has 11 heavy (non-hydrogen) atoms. The van der Waals surface area contributed by atoms with Gasteiger partial charge in [-0.25, -0.2) is 0 Å². The normalized spacial score (nSPS) is 10.0. The van der Waals surface area contributed by atoms with Crippen molar-refractivity contribution in [3.63, 3.8) is 0 Å². The molecular formula is C10H13Br. The molecule has 1 rings (SSSR count). The Morgan fingerprint density at radius 3 is 2.09 bits per heavy atom. The Balaban J connectivity index is 2.66. The number of alkyl halides is 1. The second-order valence-corrected chi connectivity index (χ2v) is 3.26. The third kappa shape index (κ3) is 2.66. The van der Waals surface area contributed by atoms with Crippen molar-refractivity contribution >= 4 is 15.9 Å². The zero-order valence-electron chi connectivity index (χ0n) is 6.81. The summed E-state index contributed by atoms with van der Waals surface area (Å²) in [4.78, 5) is 0. The number of hydrogen-bond acceptors (Lipinski definition) is 0. The maximum atomic E-state index is 3.42. The van der Waals surface area contributed by atoms with E-state index >= 15 is 0 Å². The molecule has 0 N–H and O–H groups in total. The molecule has 0 aromatic heterocycles. The lowest BCUT2D eigenvalue weighted by molar-refractivity contribution is 0.921. The topological polar surface area (TPSA) is 0 Å². The molecule has 0 aliphatic carbocycles. The van der Waals surface area contributed by atoms with Crippen LogP contribution < -0.4 is 0 Å². The number of halogens is 1. The van der Waals surface area contributed by atoms with Crippen LogP contribution in [0.1, 0.15) is 24.5 Å². The standard InChI is InChI=1S/C10H13Br/c1-2-3-9-4-6-10(8-11)7-5-9/h4-7H,2-3,8H2,1H3. The minimum absolute atomic E-state index is 0.958. The molecule has 0 saturated carbocycles. The van der Waals surface area contributed by atoms with E-state index in [0.29, 0.717) is 0 Å². The van der Waals surface area contributed by atoms with Crippen LogP contribution in [0.25, 0.3) is 0 Å². The van der Waals surface area contributed by atoms with E-state index in [0.717, 1.165) is 5.33 Å². The van der Waals surface area contributed by atoms with Gasteiger partial charge in [0.2, 0.25) is 0 Å². The predicted molar refractivity (Wildman–Crippen MR) is 53.1 cm³/mol. The van der Waals surface area contributed by atoms with Gasteiger partial charge in [-0.05, 0) is 17.5 Å². The van der Waals surface area contributed by atoms with Crippen molar-refractivity contribution in [3.8, 4) is 0 Å². The zero-order valence-corrected chi connectivity index (χ0v) is 8.39. The lowest BCUT2D eigenvalue weighted by Gasteiger charge is -1.98. The Labute approximate surface area is 76.8 Å². The van der Waals surface area contributed by atoms with Crippen molar-refractivity contribution < 1.29 is 0 Å². The van der Waals surface area contributed by atoms with Crippen LogP contribution in [0.2, 0.25) is 0 Å². The van der Waals surface area contributed by atoms with Crippen LogP contribution in [0.15, 0.2) is 24.3 Å². The van der Waals surface area contributed by atoms with E-state index in [1.165, 1.54) is 24.0 Å². The fourth-order valence-corrected chi connectivity index (χ4v) is 1.46. The Bertz CT molecular complexity index is 201. The van der Waals surface area contributed by atoms with Crippen LogP contribution in [0.3, 0.4) is 0 Å². The van der Waals surface area contributed by atoms with E-state index in [1.54, 1.807) is 0 Å². The van der Waals surface area contributed by atoms with Gasteiger partial charge in [0.05, 0.1) is 0 Å². The molecule has 1 heteroatoms. The Kier molecular flexibility index (Phi) is 3.64. The van der Waals surface area contributed by atoms with Gasteiger partial charge in [0.25, 0.3) is 0 Å². The first-order chi connectivity index (χ1) is 5.36. The summed E-state index contributed by atoms with van der Waals surface area (Å²) < 4.78 is 0. The van der Waals surface area contributed by atoms with Crippen molar-refractivity contribution in [2.45, 2.75) is 25.1 Å². The van der Waals surface area contributed by atoms with E-state index in [9.17, 15) is 0 Å². The molecule has 60 valence electrons. The van der Waals surface area contributed by atoms with Crippen LogP contribution in [0.4, 0.5) is 0 Å². The molecule has 0 heterocycles. The summed E-state index contributed by atoms with van der Waals surface area (Å²) in [5.74, 6) is 0. The van der Waals surface area contributed by atoms with E-state index in [2.05, 4.69) is 47.1 Å². The molecule has 0 aliphatic heterocycles. The molecule has 0 nitrogen and oxygen atoms in total. The molecule has 0 fully saturated rings. The van der Waals surface area contributed by atoms with Crippen LogP contribution in [0, 0.1) is 0 Å². The van der Waals surface area contributed by atoms with Gasteiger partial charge in [0, 0.05) is 5.33 Å². The largest absolute Gasteiger partial charge is 0.0876 e. The van der Waals surface area contributed by atoms with Gasteiger partial charge in [0.15, 0.2) is 0 Å². The third-order valence-electron chi connectivity index (χ3n) is 1.72. The van der Waals surface area contributed by atoms with E-state index in [4.69, 9.17) is 0 Å². The minimum Gasteiger partial charge on any atom is -0.0876 e. The molecule has 0 unspecified atom stereocenters. The van der Waals surface area contributed by atoms with Crippen LogP contribution in [-0.4, -0.2) is 0 Å². The summed E-state index contributed by atoms with van der Waals surface area (Å²) in [6, 6.07) is 8.78. The maximum Gasteiger partial charge on any atom is 0.0283 e. The highest BCUT2D eigenvalue weighted by atomic mass is 79.9. The first kappa shape index (κ1) is 8.79. The van der Waals surface area contributed by atoms with Gasteiger partial charge < -0.3 is 0 Å². The van der Waals surface area contributed by atoms with Crippen molar-refractivity contribution in [1.82, 2.24) is 0 Å². The third-order valence-corrected chi connectivity index (χ3v) is 2.36. The van der Waals surface area contributed by atoms with Gasteiger partial charge in [0.1, 0.15) is 0 Å². The number of aryl methyl sites for hydroxylation is 1. The van der Waals surface area contributed by atoms with Crippen molar-refractivity contribution in [2.75, 3.05) is 0 Å². The minimum atomic E-state index is 0.958. The molecule has 1 aromatic rings. The summed E-state index contributed by atoms with van der Waals surface area (Å²) in [5, 5.41) is 0.958. The van der Waals surface area contributed by atoms with E-state index in [1.807, 2.05) is 0 Å².